The maximum absolute atomic E-state index is 9.21. The van der Waals surface area contributed by atoms with Crippen LogP contribution >= 0.6 is 0 Å². The number of hydrogen-bond donors (Lipinski definition) is 0. The summed E-state index contributed by atoms with van der Waals surface area (Å²) in [6.07, 6.45) is 2.29. The number of rotatable bonds is 3. The molecule has 1 fully saturated rings. The lowest BCUT2D eigenvalue weighted by atomic mass is 9.96. The Morgan fingerprint density at radius 3 is 2.72 bits per heavy atom. The zero-order chi connectivity index (χ0) is 13.0. The molecule has 0 saturated carbocycles. The largest absolute Gasteiger partial charge is 0.384 e. The van der Waals surface area contributed by atoms with E-state index in [1.165, 1.54) is 0 Å². The summed E-state index contributed by atoms with van der Waals surface area (Å²) in [6.45, 7) is 4.92. The third kappa shape index (κ3) is 2.83. The number of aryl methyl sites for hydroxylation is 1. The molecule has 1 saturated heterocycles. The van der Waals surface area contributed by atoms with Gasteiger partial charge >= 0.3 is 0 Å². The molecule has 0 aliphatic carbocycles. The van der Waals surface area contributed by atoms with Gasteiger partial charge in [0.1, 0.15) is 6.07 Å². The van der Waals surface area contributed by atoms with Crippen molar-refractivity contribution in [3.63, 3.8) is 0 Å². The van der Waals surface area contributed by atoms with Crippen molar-refractivity contribution in [1.29, 1.82) is 5.26 Å². The summed E-state index contributed by atoms with van der Waals surface area (Å²) in [5.41, 5.74) is 3.02. The molecule has 0 atom stereocenters. The lowest BCUT2D eigenvalue weighted by Gasteiger charge is -2.33. The molecule has 0 spiro atoms. The van der Waals surface area contributed by atoms with Gasteiger partial charge in [-0.25, -0.2) is 0 Å². The van der Waals surface area contributed by atoms with Crippen LogP contribution in [0.2, 0.25) is 0 Å². The minimum atomic E-state index is 0.669. The van der Waals surface area contributed by atoms with Crippen LogP contribution in [0.25, 0.3) is 0 Å². The Kier molecular flexibility index (Phi) is 4.22. The molecule has 1 heterocycles. The first-order chi connectivity index (χ1) is 8.74. The van der Waals surface area contributed by atoms with Gasteiger partial charge in [0, 0.05) is 26.8 Å². The Bertz CT molecular complexity index is 442. The molecule has 0 radical (unpaired) electrons. The van der Waals surface area contributed by atoms with Crippen molar-refractivity contribution in [2.45, 2.75) is 19.8 Å². The van der Waals surface area contributed by atoms with E-state index in [0.717, 1.165) is 49.4 Å². The van der Waals surface area contributed by atoms with Crippen molar-refractivity contribution in [2.75, 3.05) is 31.7 Å². The summed E-state index contributed by atoms with van der Waals surface area (Å²) in [6, 6.07) is 8.43. The summed E-state index contributed by atoms with van der Waals surface area (Å²) in [5, 5.41) is 9.21. The van der Waals surface area contributed by atoms with Gasteiger partial charge in [-0.15, -0.1) is 0 Å². The van der Waals surface area contributed by atoms with Crippen molar-refractivity contribution in [3.05, 3.63) is 29.3 Å². The smallest absolute Gasteiger partial charge is 0.101 e. The number of piperidine rings is 1. The second-order valence-electron chi connectivity index (χ2n) is 5.02. The molecule has 0 N–H and O–H groups in total. The zero-order valence-electron chi connectivity index (χ0n) is 11.1. The lowest BCUT2D eigenvalue weighted by Crippen LogP contribution is -2.35. The second-order valence-corrected chi connectivity index (χ2v) is 5.02. The molecule has 0 amide bonds. The SMILES string of the molecule is COCC1CCN(c2ccc(C)cc2C#N)CC1. The van der Waals surface area contributed by atoms with E-state index in [1.807, 2.05) is 13.0 Å². The molecule has 18 heavy (non-hydrogen) atoms. The number of ether oxygens (including phenoxy) is 1. The van der Waals surface area contributed by atoms with E-state index in [-0.39, 0.29) is 0 Å². The van der Waals surface area contributed by atoms with Gasteiger partial charge in [0.25, 0.3) is 0 Å². The summed E-state index contributed by atoms with van der Waals surface area (Å²) in [7, 11) is 1.76. The van der Waals surface area contributed by atoms with Crippen LogP contribution in [0.5, 0.6) is 0 Å². The molecular formula is C15H20N2O. The van der Waals surface area contributed by atoms with Gasteiger partial charge in [-0.2, -0.15) is 5.26 Å². The van der Waals surface area contributed by atoms with Crippen molar-refractivity contribution in [3.8, 4) is 6.07 Å². The van der Waals surface area contributed by atoms with Crippen molar-refractivity contribution in [2.24, 2.45) is 5.92 Å². The summed E-state index contributed by atoms with van der Waals surface area (Å²) < 4.78 is 5.21. The van der Waals surface area contributed by atoms with Crippen LogP contribution in [-0.4, -0.2) is 26.8 Å². The fraction of sp³-hybridized carbons (Fsp3) is 0.533. The maximum atomic E-state index is 9.21. The molecule has 1 aromatic rings. The van der Waals surface area contributed by atoms with E-state index in [4.69, 9.17) is 4.74 Å². The van der Waals surface area contributed by atoms with E-state index in [0.29, 0.717) is 5.92 Å². The zero-order valence-corrected chi connectivity index (χ0v) is 11.1. The van der Waals surface area contributed by atoms with Crippen LogP contribution in [0.4, 0.5) is 5.69 Å². The second kappa shape index (κ2) is 5.88. The summed E-state index contributed by atoms with van der Waals surface area (Å²) >= 11 is 0. The normalized spacial score (nSPS) is 16.6. The van der Waals surface area contributed by atoms with Crippen LogP contribution in [0.1, 0.15) is 24.0 Å². The van der Waals surface area contributed by atoms with Crippen LogP contribution in [0.15, 0.2) is 18.2 Å². The number of benzene rings is 1. The molecule has 2 rings (SSSR count). The van der Waals surface area contributed by atoms with Gasteiger partial charge in [-0.05, 0) is 43.4 Å². The van der Waals surface area contributed by atoms with E-state index in [2.05, 4.69) is 23.1 Å². The quantitative estimate of drug-likeness (QED) is 0.820. The van der Waals surface area contributed by atoms with E-state index >= 15 is 0 Å². The Morgan fingerprint density at radius 2 is 2.11 bits per heavy atom. The monoisotopic (exact) mass is 244 g/mol. The van der Waals surface area contributed by atoms with Crippen LogP contribution < -0.4 is 4.90 Å². The minimum absolute atomic E-state index is 0.669. The van der Waals surface area contributed by atoms with Crippen LogP contribution in [-0.2, 0) is 4.74 Å². The van der Waals surface area contributed by atoms with Gasteiger partial charge in [0.2, 0.25) is 0 Å². The van der Waals surface area contributed by atoms with E-state index in [1.54, 1.807) is 7.11 Å². The Balaban J connectivity index is 2.08. The molecule has 1 aliphatic rings. The first-order valence-electron chi connectivity index (χ1n) is 6.49. The molecule has 1 aliphatic heterocycles. The highest BCUT2D eigenvalue weighted by Gasteiger charge is 2.20. The van der Waals surface area contributed by atoms with Crippen molar-refractivity contribution in [1.82, 2.24) is 0 Å². The fourth-order valence-electron chi connectivity index (χ4n) is 2.59. The third-order valence-electron chi connectivity index (χ3n) is 3.63. The number of nitrogens with zero attached hydrogens (tertiary/aromatic N) is 2. The van der Waals surface area contributed by atoms with Crippen molar-refractivity contribution >= 4 is 5.69 Å². The van der Waals surface area contributed by atoms with Gasteiger partial charge in [0.05, 0.1) is 11.3 Å². The van der Waals surface area contributed by atoms with Gasteiger partial charge in [-0.1, -0.05) is 6.07 Å². The standard InChI is InChI=1S/C15H20N2O/c1-12-3-4-15(14(9-12)10-16)17-7-5-13(6-8-17)11-18-2/h3-4,9,13H,5-8,11H2,1-2H3. The number of hydrogen-bond acceptors (Lipinski definition) is 3. The Morgan fingerprint density at radius 1 is 1.39 bits per heavy atom. The predicted octanol–water partition coefficient (Wildman–Crippen LogP) is 2.73. The van der Waals surface area contributed by atoms with Gasteiger partial charge < -0.3 is 9.64 Å². The predicted molar refractivity (Wildman–Crippen MR) is 72.7 cm³/mol. The number of methoxy groups -OCH3 is 1. The highest BCUT2D eigenvalue weighted by molar-refractivity contribution is 5.60. The highest BCUT2D eigenvalue weighted by Crippen LogP contribution is 2.26. The summed E-state index contributed by atoms with van der Waals surface area (Å²) in [4.78, 5) is 2.32. The first-order valence-corrected chi connectivity index (χ1v) is 6.49. The number of anilines is 1. The van der Waals surface area contributed by atoms with Gasteiger partial charge in [0.15, 0.2) is 0 Å². The molecule has 3 heteroatoms. The fourth-order valence-corrected chi connectivity index (χ4v) is 2.59. The molecule has 0 bridgehead atoms. The Labute approximate surface area is 109 Å². The first kappa shape index (κ1) is 12.9. The Hall–Kier alpha value is -1.53. The molecular weight excluding hydrogens is 224 g/mol. The third-order valence-corrected chi connectivity index (χ3v) is 3.63. The molecule has 0 aromatic heterocycles. The van der Waals surface area contributed by atoms with E-state index in [9.17, 15) is 5.26 Å². The highest BCUT2D eigenvalue weighted by atomic mass is 16.5. The van der Waals surface area contributed by atoms with Crippen LogP contribution in [0, 0.1) is 24.2 Å². The maximum Gasteiger partial charge on any atom is 0.101 e. The average Bonchev–Trinajstić information content (AvgIpc) is 2.40. The van der Waals surface area contributed by atoms with Gasteiger partial charge in [-0.3, -0.25) is 0 Å². The van der Waals surface area contributed by atoms with E-state index < -0.39 is 0 Å². The van der Waals surface area contributed by atoms with Crippen molar-refractivity contribution < 1.29 is 4.74 Å². The van der Waals surface area contributed by atoms with Crippen LogP contribution in [0.3, 0.4) is 0 Å². The molecule has 96 valence electrons. The molecule has 3 nitrogen and oxygen atoms in total. The lowest BCUT2D eigenvalue weighted by molar-refractivity contribution is 0.139. The minimum Gasteiger partial charge on any atom is -0.384 e. The summed E-state index contributed by atoms with van der Waals surface area (Å²) in [5.74, 6) is 0.669. The molecule has 0 unspecified atom stereocenters. The molecule has 1 aromatic carbocycles. The topological polar surface area (TPSA) is 36.3 Å². The average molecular weight is 244 g/mol. The number of nitriles is 1.